The number of hydrogen-bond acceptors (Lipinski definition) is 2. The van der Waals surface area contributed by atoms with Crippen molar-refractivity contribution >= 4 is 0 Å². The minimum Gasteiger partial charge on any atom is -0.326 e. The first-order valence-electron chi connectivity index (χ1n) is 7.69. The number of rotatable bonds is 3. The molecule has 0 saturated heterocycles. The van der Waals surface area contributed by atoms with E-state index < -0.39 is 0 Å². The molecule has 3 atom stereocenters. The molecule has 1 aromatic heterocycles. The molecule has 3 rings (SSSR count). The second-order valence-electron chi connectivity index (χ2n) is 6.28. The first-order chi connectivity index (χ1) is 9.24. The van der Waals surface area contributed by atoms with Crippen molar-refractivity contribution in [1.29, 1.82) is 0 Å². The number of H-pyrrole nitrogens is 1. The van der Waals surface area contributed by atoms with Crippen LogP contribution in [0.2, 0.25) is 0 Å². The van der Waals surface area contributed by atoms with Gasteiger partial charge < -0.3 is 10.3 Å². The van der Waals surface area contributed by atoms with Crippen molar-refractivity contribution in [2.75, 3.05) is 6.54 Å². The van der Waals surface area contributed by atoms with E-state index in [9.17, 15) is 4.79 Å². The van der Waals surface area contributed by atoms with E-state index >= 15 is 0 Å². The van der Waals surface area contributed by atoms with Crippen molar-refractivity contribution in [1.82, 2.24) is 10.3 Å². The van der Waals surface area contributed by atoms with Gasteiger partial charge in [0.1, 0.15) is 0 Å². The van der Waals surface area contributed by atoms with Crippen molar-refractivity contribution in [2.45, 2.75) is 51.5 Å². The van der Waals surface area contributed by atoms with Gasteiger partial charge in [-0.1, -0.05) is 25.8 Å². The Bertz CT molecular complexity index is 494. The van der Waals surface area contributed by atoms with Crippen LogP contribution in [0.4, 0.5) is 0 Å². The summed E-state index contributed by atoms with van der Waals surface area (Å²) in [4.78, 5) is 14.4. The molecule has 0 amide bonds. The largest absolute Gasteiger partial charge is 0.326 e. The highest BCUT2D eigenvalue weighted by Gasteiger charge is 2.26. The summed E-state index contributed by atoms with van der Waals surface area (Å²) in [5.74, 6) is 1.71. The fourth-order valence-corrected chi connectivity index (χ4v) is 3.73. The Balaban J connectivity index is 1.68. The van der Waals surface area contributed by atoms with E-state index in [1.165, 1.54) is 37.7 Å². The molecule has 19 heavy (non-hydrogen) atoms. The highest BCUT2D eigenvalue weighted by molar-refractivity contribution is 5.26. The van der Waals surface area contributed by atoms with Gasteiger partial charge in [0.15, 0.2) is 0 Å². The zero-order valence-electron chi connectivity index (χ0n) is 11.7. The van der Waals surface area contributed by atoms with Crippen molar-refractivity contribution in [3.63, 3.8) is 0 Å². The number of aryl methyl sites for hydroxylation is 1. The summed E-state index contributed by atoms with van der Waals surface area (Å²) in [7, 11) is 0. The molecule has 0 radical (unpaired) electrons. The number of nitrogens with one attached hydrogen (secondary N) is 2. The second kappa shape index (κ2) is 5.49. The maximum Gasteiger partial charge on any atom is 0.248 e. The summed E-state index contributed by atoms with van der Waals surface area (Å²) in [5.41, 5.74) is 2.50. The number of aromatic nitrogens is 1. The molecule has 1 saturated carbocycles. The summed E-state index contributed by atoms with van der Waals surface area (Å²) in [6, 6.07) is 4.12. The SMILES string of the molecule is CC1CCCC1CNC1CCCc2[nH]c(=O)ccc21. The molecule has 1 fully saturated rings. The topological polar surface area (TPSA) is 44.9 Å². The maximum atomic E-state index is 11.4. The van der Waals surface area contributed by atoms with Gasteiger partial charge in [-0.3, -0.25) is 4.79 Å². The highest BCUT2D eigenvalue weighted by atomic mass is 16.1. The first-order valence-corrected chi connectivity index (χ1v) is 7.69. The Morgan fingerprint density at radius 2 is 2.16 bits per heavy atom. The van der Waals surface area contributed by atoms with Crippen molar-refractivity contribution in [3.05, 3.63) is 33.7 Å². The van der Waals surface area contributed by atoms with Gasteiger partial charge in [-0.2, -0.15) is 0 Å². The van der Waals surface area contributed by atoms with Gasteiger partial charge >= 0.3 is 0 Å². The first kappa shape index (κ1) is 12.9. The number of hydrogen-bond donors (Lipinski definition) is 2. The van der Waals surface area contributed by atoms with Gasteiger partial charge in [0.2, 0.25) is 5.56 Å². The zero-order chi connectivity index (χ0) is 13.2. The molecule has 104 valence electrons. The summed E-state index contributed by atoms with van der Waals surface area (Å²) < 4.78 is 0. The van der Waals surface area contributed by atoms with Gasteiger partial charge in [-0.15, -0.1) is 0 Å². The van der Waals surface area contributed by atoms with E-state index in [4.69, 9.17) is 0 Å². The van der Waals surface area contributed by atoms with Crippen LogP contribution in [0.15, 0.2) is 16.9 Å². The third-order valence-corrected chi connectivity index (χ3v) is 5.00. The third-order valence-electron chi connectivity index (χ3n) is 5.00. The Labute approximate surface area is 114 Å². The van der Waals surface area contributed by atoms with Crippen LogP contribution < -0.4 is 10.9 Å². The van der Waals surface area contributed by atoms with E-state index in [-0.39, 0.29) is 5.56 Å². The molecule has 2 aliphatic rings. The van der Waals surface area contributed by atoms with E-state index in [1.807, 2.05) is 6.07 Å². The Kier molecular flexibility index (Phi) is 3.74. The third kappa shape index (κ3) is 2.76. The standard InChI is InChI=1S/C16H24N2O/c1-11-4-2-5-12(11)10-17-14-6-3-7-15-13(14)8-9-16(19)18-15/h8-9,11-12,14,17H,2-7,10H2,1H3,(H,18,19). The number of pyridine rings is 1. The fourth-order valence-electron chi connectivity index (χ4n) is 3.73. The molecule has 2 aliphatic carbocycles. The van der Waals surface area contributed by atoms with Crippen LogP contribution in [0, 0.1) is 11.8 Å². The minimum atomic E-state index is 0.0313. The Morgan fingerprint density at radius 1 is 1.26 bits per heavy atom. The molecular weight excluding hydrogens is 236 g/mol. The molecule has 1 aromatic rings. The summed E-state index contributed by atoms with van der Waals surface area (Å²) in [5, 5.41) is 3.75. The van der Waals surface area contributed by atoms with Gasteiger partial charge in [-0.25, -0.2) is 0 Å². The van der Waals surface area contributed by atoms with Crippen LogP contribution in [-0.2, 0) is 6.42 Å². The molecule has 0 aromatic carbocycles. The molecular formula is C16H24N2O. The smallest absolute Gasteiger partial charge is 0.248 e. The molecule has 3 nitrogen and oxygen atoms in total. The van der Waals surface area contributed by atoms with Crippen molar-refractivity contribution < 1.29 is 0 Å². The monoisotopic (exact) mass is 260 g/mol. The fraction of sp³-hybridized carbons (Fsp3) is 0.688. The normalized spacial score (nSPS) is 30.3. The van der Waals surface area contributed by atoms with Gasteiger partial charge in [0.25, 0.3) is 0 Å². The van der Waals surface area contributed by atoms with Crippen LogP contribution >= 0.6 is 0 Å². The zero-order valence-corrected chi connectivity index (χ0v) is 11.7. The van der Waals surface area contributed by atoms with Crippen LogP contribution in [0.25, 0.3) is 0 Å². The molecule has 3 unspecified atom stereocenters. The van der Waals surface area contributed by atoms with Crippen LogP contribution in [0.5, 0.6) is 0 Å². The van der Waals surface area contributed by atoms with Crippen LogP contribution in [-0.4, -0.2) is 11.5 Å². The molecule has 3 heteroatoms. The predicted octanol–water partition coefficient (Wildman–Crippen LogP) is 2.78. The predicted molar refractivity (Wildman–Crippen MR) is 77.2 cm³/mol. The summed E-state index contributed by atoms with van der Waals surface area (Å²) in [6.45, 7) is 3.51. The average molecular weight is 260 g/mol. The lowest BCUT2D eigenvalue weighted by Gasteiger charge is -2.28. The lowest BCUT2D eigenvalue weighted by Crippen LogP contribution is -2.31. The highest BCUT2D eigenvalue weighted by Crippen LogP contribution is 2.32. The van der Waals surface area contributed by atoms with E-state index in [1.54, 1.807) is 6.07 Å². The van der Waals surface area contributed by atoms with Crippen molar-refractivity contribution in [2.24, 2.45) is 11.8 Å². The maximum absolute atomic E-state index is 11.4. The molecule has 0 aliphatic heterocycles. The molecule has 2 N–H and O–H groups in total. The number of aromatic amines is 1. The van der Waals surface area contributed by atoms with Gasteiger partial charge in [0, 0.05) is 17.8 Å². The van der Waals surface area contributed by atoms with Gasteiger partial charge in [-0.05, 0) is 49.6 Å². The Hall–Kier alpha value is -1.09. The van der Waals surface area contributed by atoms with Crippen LogP contribution in [0.1, 0.15) is 56.3 Å². The summed E-state index contributed by atoms with van der Waals surface area (Å²) >= 11 is 0. The summed E-state index contributed by atoms with van der Waals surface area (Å²) in [6.07, 6.45) is 7.54. The number of fused-ring (bicyclic) bond motifs is 1. The molecule has 1 heterocycles. The van der Waals surface area contributed by atoms with E-state index in [0.717, 1.165) is 30.5 Å². The average Bonchev–Trinajstić information content (AvgIpc) is 2.81. The minimum absolute atomic E-state index is 0.0313. The van der Waals surface area contributed by atoms with E-state index in [0.29, 0.717) is 6.04 Å². The quantitative estimate of drug-likeness (QED) is 0.877. The van der Waals surface area contributed by atoms with Crippen molar-refractivity contribution in [3.8, 4) is 0 Å². The molecule has 0 bridgehead atoms. The second-order valence-corrected chi connectivity index (χ2v) is 6.28. The van der Waals surface area contributed by atoms with Gasteiger partial charge in [0.05, 0.1) is 0 Å². The Morgan fingerprint density at radius 3 is 2.95 bits per heavy atom. The van der Waals surface area contributed by atoms with E-state index in [2.05, 4.69) is 17.2 Å². The molecule has 0 spiro atoms. The lowest BCUT2D eigenvalue weighted by molar-refractivity contribution is 0.352. The van der Waals surface area contributed by atoms with Crippen LogP contribution in [0.3, 0.4) is 0 Å². The lowest BCUT2D eigenvalue weighted by atomic mass is 9.90.